The van der Waals surface area contributed by atoms with Crippen molar-refractivity contribution < 1.29 is 18.3 Å². The van der Waals surface area contributed by atoms with Gasteiger partial charge in [0.05, 0.1) is 13.7 Å². The molecule has 0 saturated heterocycles. The Bertz CT molecular complexity index is 670. The molecule has 1 aliphatic rings. The maximum atomic E-state index is 12.8. The summed E-state index contributed by atoms with van der Waals surface area (Å²) in [6.45, 7) is 2.33. The second-order valence-electron chi connectivity index (χ2n) is 4.93. The summed E-state index contributed by atoms with van der Waals surface area (Å²) in [6, 6.07) is 2.86. The molecule has 0 unspecified atom stereocenters. The fourth-order valence-corrected chi connectivity index (χ4v) is 4.41. The molecule has 0 aliphatic carbocycles. The van der Waals surface area contributed by atoms with E-state index < -0.39 is 10.0 Å². The van der Waals surface area contributed by atoms with Crippen LogP contribution in [0.15, 0.2) is 28.7 Å². The van der Waals surface area contributed by atoms with Gasteiger partial charge in [-0.1, -0.05) is 23.3 Å². The highest BCUT2D eigenvalue weighted by Gasteiger charge is 2.30. The summed E-state index contributed by atoms with van der Waals surface area (Å²) in [5.74, 6) is 0.147. The number of rotatable bonds is 4. The number of aliphatic hydroxyl groups is 1. The molecule has 1 aromatic carbocycles. The predicted molar refractivity (Wildman–Crippen MR) is 81.1 cm³/mol. The standard InChI is InChI=1S/C14H18ClNO4S/c1-10-4-3-5-16(8-10)21(18,19)13-7-12(15)6-11(9-17)14(13)20-2/h4,6-7,17H,3,5,8-9H2,1-2H3. The maximum absolute atomic E-state index is 12.8. The van der Waals surface area contributed by atoms with E-state index in [4.69, 9.17) is 16.3 Å². The van der Waals surface area contributed by atoms with Crippen LogP contribution in [0.2, 0.25) is 5.02 Å². The first-order valence-corrected chi connectivity index (χ1v) is 8.35. The first kappa shape index (κ1) is 16.3. The molecule has 2 rings (SSSR count). The molecule has 1 aliphatic heterocycles. The van der Waals surface area contributed by atoms with Crippen molar-refractivity contribution in [3.05, 3.63) is 34.4 Å². The quantitative estimate of drug-likeness (QED) is 0.859. The van der Waals surface area contributed by atoms with Gasteiger partial charge in [0, 0.05) is 23.7 Å². The molecule has 0 atom stereocenters. The van der Waals surface area contributed by atoms with E-state index in [2.05, 4.69) is 0 Å². The van der Waals surface area contributed by atoms with Crippen LogP contribution in [0.5, 0.6) is 5.75 Å². The van der Waals surface area contributed by atoms with Gasteiger partial charge in [-0.05, 0) is 25.5 Å². The van der Waals surface area contributed by atoms with Crippen molar-refractivity contribution in [1.29, 1.82) is 0 Å². The fraction of sp³-hybridized carbons (Fsp3) is 0.429. The van der Waals surface area contributed by atoms with E-state index >= 15 is 0 Å². The lowest BCUT2D eigenvalue weighted by molar-refractivity contribution is 0.272. The van der Waals surface area contributed by atoms with E-state index in [1.165, 1.54) is 23.5 Å². The number of hydrogen-bond donors (Lipinski definition) is 1. The first-order chi connectivity index (χ1) is 9.90. The Morgan fingerprint density at radius 3 is 2.71 bits per heavy atom. The Kier molecular flexibility index (Phi) is 4.93. The summed E-state index contributed by atoms with van der Waals surface area (Å²) in [6.07, 6.45) is 2.71. The van der Waals surface area contributed by atoms with E-state index in [1.54, 1.807) is 0 Å². The highest BCUT2D eigenvalue weighted by atomic mass is 35.5. The smallest absolute Gasteiger partial charge is 0.247 e. The lowest BCUT2D eigenvalue weighted by Gasteiger charge is -2.26. The molecule has 0 bridgehead atoms. The molecule has 0 amide bonds. The summed E-state index contributed by atoms with van der Waals surface area (Å²) in [5, 5.41) is 9.61. The molecule has 21 heavy (non-hydrogen) atoms. The Balaban J connectivity index is 2.54. The molecule has 0 spiro atoms. The van der Waals surface area contributed by atoms with Crippen LogP contribution >= 0.6 is 11.6 Å². The molecule has 1 heterocycles. The average molecular weight is 332 g/mol. The Morgan fingerprint density at radius 1 is 1.43 bits per heavy atom. The summed E-state index contributed by atoms with van der Waals surface area (Å²) in [5.41, 5.74) is 1.36. The number of methoxy groups -OCH3 is 1. The predicted octanol–water partition coefficient (Wildman–Crippen LogP) is 2.18. The largest absolute Gasteiger partial charge is 0.495 e. The van der Waals surface area contributed by atoms with Gasteiger partial charge in [-0.2, -0.15) is 4.31 Å². The lowest BCUT2D eigenvalue weighted by Crippen LogP contribution is -2.35. The van der Waals surface area contributed by atoms with Gasteiger partial charge in [0.25, 0.3) is 0 Å². The lowest BCUT2D eigenvalue weighted by atomic mass is 10.2. The van der Waals surface area contributed by atoms with E-state index in [1.807, 2.05) is 13.0 Å². The van der Waals surface area contributed by atoms with Crippen LogP contribution in [0.1, 0.15) is 18.9 Å². The van der Waals surface area contributed by atoms with Gasteiger partial charge >= 0.3 is 0 Å². The zero-order valence-electron chi connectivity index (χ0n) is 12.0. The maximum Gasteiger partial charge on any atom is 0.247 e. The zero-order valence-corrected chi connectivity index (χ0v) is 13.5. The van der Waals surface area contributed by atoms with Crippen molar-refractivity contribution in [2.45, 2.75) is 24.8 Å². The molecule has 0 aromatic heterocycles. The van der Waals surface area contributed by atoms with Crippen LogP contribution in [0, 0.1) is 0 Å². The SMILES string of the molecule is COc1c(CO)cc(Cl)cc1S(=O)(=O)N1CCC=C(C)C1. The van der Waals surface area contributed by atoms with Crippen molar-refractivity contribution >= 4 is 21.6 Å². The monoisotopic (exact) mass is 331 g/mol. The van der Waals surface area contributed by atoms with Crippen LogP contribution in [0.4, 0.5) is 0 Å². The Labute approximate surface area is 129 Å². The molecule has 1 N–H and O–H groups in total. The third-order valence-electron chi connectivity index (χ3n) is 3.39. The van der Waals surface area contributed by atoms with Gasteiger partial charge in [0.15, 0.2) is 0 Å². The van der Waals surface area contributed by atoms with E-state index in [0.717, 1.165) is 5.57 Å². The molecule has 0 fully saturated rings. The highest BCUT2D eigenvalue weighted by Crippen LogP contribution is 2.34. The zero-order chi connectivity index (χ0) is 15.6. The number of hydrogen-bond acceptors (Lipinski definition) is 4. The Morgan fingerprint density at radius 2 is 2.14 bits per heavy atom. The molecule has 0 saturated carbocycles. The minimum absolute atomic E-state index is 0.00347. The second kappa shape index (κ2) is 6.36. The molecular weight excluding hydrogens is 314 g/mol. The number of nitrogens with zero attached hydrogens (tertiary/aromatic N) is 1. The number of halogens is 1. The summed E-state index contributed by atoms with van der Waals surface area (Å²) >= 11 is 5.97. The molecular formula is C14H18ClNO4S. The van der Waals surface area contributed by atoms with Crippen LogP contribution in [-0.2, 0) is 16.6 Å². The average Bonchev–Trinajstić information content (AvgIpc) is 2.46. The van der Waals surface area contributed by atoms with Crippen molar-refractivity contribution in [3.63, 3.8) is 0 Å². The van der Waals surface area contributed by atoms with Crippen molar-refractivity contribution in [2.75, 3.05) is 20.2 Å². The normalized spacial score (nSPS) is 16.7. The van der Waals surface area contributed by atoms with E-state index in [9.17, 15) is 13.5 Å². The minimum atomic E-state index is -3.72. The Hall–Kier alpha value is -1.08. The van der Waals surface area contributed by atoms with Gasteiger partial charge in [-0.15, -0.1) is 0 Å². The highest BCUT2D eigenvalue weighted by molar-refractivity contribution is 7.89. The van der Waals surface area contributed by atoms with E-state index in [-0.39, 0.29) is 22.3 Å². The van der Waals surface area contributed by atoms with Crippen molar-refractivity contribution in [3.8, 4) is 5.75 Å². The van der Waals surface area contributed by atoms with Crippen LogP contribution in [0.25, 0.3) is 0 Å². The number of benzene rings is 1. The third-order valence-corrected chi connectivity index (χ3v) is 5.45. The van der Waals surface area contributed by atoms with Crippen LogP contribution in [-0.4, -0.2) is 38.0 Å². The van der Waals surface area contributed by atoms with Crippen molar-refractivity contribution in [1.82, 2.24) is 4.31 Å². The van der Waals surface area contributed by atoms with Gasteiger partial charge in [0.2, 0.25) is 10.0 Å². The molecule has 116 valence electrons. The van der Waals surface area contributed by atoms with Crippen molar-refractivity contribution in [2.24, 2.45) is 0 Å². The fourth-order valence-electron chi connectivity index (χ4n) is 2.38. The van der Waals surface area contributed by atoms with Crippen LogP contribution < -0.4 is 4.74 Å². The van der Waals surface area contributed by atoms with Gasteiger partial charge in [-0.3, -0.25) is 0 Å². The first-order valence-electron chi connectivity index (χ1n) is 6.53. The summed E-state index contributed by atoms with van der Waals surface area (Å²) < 4.78 is 32.2. The molecule has 0 radical (unpaired) electrons. The van der Waals surface area contributed by atoms with E-state index in [0.29, 0.717) is 25.1 Å². The van der Waals surface area contributed by atoms with Gasteiger partial charge < -0.3 is 9.84 Å². The topological polar surface area (TPSA) is 66.8 Å². The summed E-state index contributed by atoms with van der Waals surface area (Å²) in [4.78, 5) is -0.00347. The molecule has 1 aromatic rings. The van der Waals surface area contributed by atoms with Gasteiger partial charge in [-0.25, -0.2) is 8.42 Å². The number of sulfonamides is 1. The van der Waals surface area contributed by atoms with Crippen LogP contribution in [0.3, 0.4) is 0 Å². The molecule has 5 nitrogen and oxygen atoms in total. The minimum Gasteiger partial charge on any atom is -0.495 e. The number of aliphatic hydroxyl groups excluding tert-OH is 1. The second-order valence-corrected chi connectivity index (χ2v) is 7.27. The molecule has 7 heteroatoms. The van der Waals surface area contributed by atoms with Gasteiger partial charge in [0.1, 0.15) is 10.6 Å². The summed E-state index contributed by atoms with van der Waals surface area (Å²) in [7, 11) is -2.34. The number of ether oxygens (including phenoxy) is 1. The third kappa shape index (κ3) is 3.23.